The van der Waals surface area contributed by atoms with Crippen molar-refractivity contribution in [2.24, 2.45) is 5.92 Å². The number of nitrogens with one attached hydrogen (secondary N) is 1. The van der Waals surface area contributed by atoms with Crippen LogP contribution in [-0.4, -0.2) is 40.1 Å². The van der Waals surface area contributed by atoms with Gasteiger partial charge in [-0.1, -0.05) is 6.07 Å². The second kappa shape index (κ2) is 6.96. The van der Waals surface area contributed by atoms with Crippen molar-refractivity contribution in [3.05, 3.63) is 35.7 Å². The minimum absolute atomic E-state index is 0.222. The third-order valence-corrected chi connectivity index (χ3v) is 4.52. The number of piperidine rings is 1. The van der Waals surface area contributed by atoms with E-state index < -0.39 is 5.97 Å². The van der Waals surface area contributed by atoms with E-state index in [0.717, 1.165) is 17.0 Å². The minimum Gasteiger partial charge on any atom is -0.481 e. The number of likely N-dealkylation sites (tertiary alicyclic amines) is 1. The number of amides is 2. The molecule has 1 saturated heterocycles. The minimum atomic E-state index is -0.788. The molecule has 2 heterocycles. The molecule has 0 saturated carbocycles. The zero-order valence-corrected chi connectivity index (χ0v) is 14.3. The summed E-state index contributed by atoms with van der Waals surface area (Å²) >= 11 is 0. The zero-order chi connectivity index (χ0) is 18.0. The van der Waals surface area contributed by atoms with Crippen LogP contribution in [0.2, 0.25) is 0 Å². The number of oxazole rings is 1. The van der Waals surface area contributed by atoms with E-state index in [4.69, 9.17) is 9.52 Å². The Morgan fingerprint density at radius 1 is 1.28 bits per heavy atom. The molecule has 0 spiro atoms. The van der Waals surface area contributed by atoms with Crippen molar-refractivity contribution in [3.63, 3.8) is 0 Å². The number of aliphatic carboxylic acids is 1. The lowest BCUT2D eigenvalue weighted by Crippen LogP contribution is -2.42. The monoisotopic (exact) mass is 343 g/mol. The van der Waals surface area contributed by atoms with E-state index in [1.165, 1.54) is 0 Å². The number of hydrogen-bond donors (Lipinski definition) is 2. The fourth-order valence-corrected chi connectivity index (χ4v) is 2.86. The molecule has 25 heavy (non-hydrogen) atoms. The normalized spacial score (nSPS) is 15.2. The van der Waals surface area contributed by atoms with Gasteiger partial charge in [-0.3, -0.25) is 4.79 Å². The van der Waals surface area contributed by atoms with Gasteiger partial charge in [-0.2, -0.15) is 0 Å². The van der Waals surface area contributed by atoms with Crippen LogP contribution in [-0.2, 0) is 4.79 Å². The third-order valence-electron chi connectivity index (χ3n) is 4.52. The molecule has 0 bridgehead atoms. The van der Waals surface area contributed by atoms with Gasteiger partial charge in [0, 0.05) is 24.3 Å². The SMILES string of the molecule is Cc1nc(-c2cccc(NC(=O)N3CCC(C(=O)O)CC3)c2)oc1C. The zero-order valence-electron chi connectivity index (χ0n) is 14.3. The van der Waals surface area contributed by atoms with Crippen LogP contribution in [0.25, 0.3) is 11.5 Å². The second-order valence-electron chi connectivity index (χ2n) is 6.27. The van der Waals surface area contributed by atoms with Gasteiger partial charge in [0.2, 0.25) is 5.89 Å². The Morgan fingerprint density at radius 3 is 2.60 bits per heavy atom. The summed E-state index contributed by atoms with van der Waals surface area (Å²) in [6.45, 7) is 4.63. The van der Waals surface area contributed by atoms with Gasteiger partial charge < -0.3 is 19.7 Å². The van der Waals surface area contributed by atoms with Crippen molar-refractivity contribution in [1.82, 2.24) is 9.88 Å². The summed E-state index contributed by atoms with van der Waals surface area (Å²) in [5, 5.41) is 11.9. The molecule has 1 aliphatic heterocycles. The summed E-state index contributed by atoms with van der Waals surface area (Å²) in [5.41, 5.74) is 2.28. The molecular formula is C18H21N3O4. The molecule has 0 radical (unpaired) electrons. The van der Waals surface area contributed by atoms with E-state index in [9.17, 15) is 9.59 Å². The number of carboxylic acid groups (broad SMARTS) is 1. The molecular weight excluding hydrogens is 322 g/mol. The maximum Gasteiger partial charge on any atom is 0.321 e. The number of hydrogen-bond acceptors (Lipinski definition) is 4. The van der Waals surface area contributed by atoms with E-state index in [1.807, 2.05) is 32.0 Å². The van der Waals surface area contributed by atoms with E-state index in [2.05, 4.69) is 10.3 Å². The Balaban J connectivity index is 1.66. The highest BCUT2D eigenvalue weighted by Crippen LogP contribution is 2.24. The van der Waals surface area contributed by atoms with Crippen LogP contribution in [0.4, 0.5) is 10.5 Å². The molecule has 132 valence electrons. The van der Waals surface area contributed by atoms with Crippen LogP contribution in [0.15, 0.2) is 28.7 Å². The number of urea groups is 1. The predicted molar refractivity (Wildman–Crippen MR) is 92.4 cm³/mol. The van der Waals surface area contributed by atoms with Gasteiger partial charge in [-0.25, -0.2) is 9.78 Å². The topological polar surface area (TPSA) is 95.7 Å². The maximum atomic E-state index is 12.4. The summed E-state index contributed by atoms with van der Waals surface area (Å²) in [6.07, 6.45) is 0.968. The van der Waals surface area contributed by atoms with E-state index >= 15 is 0 Å². The summed E-state index contributed by atoms with van der Waals surface area (Å²) in [6, 6.07) is 7.09. The quantitative estimate of drug-likeness (QED) is 0.891. The number of carbonyl (C=O) groups excluding carboxylic acids is 1. The van der Waals surface area contributed by atoms with E-state index in [0.29, 0.717) is 37.5 Å². The van der Waals surface area contributed by atoms with Crippen LogP contribution >= 0.6 is 0 Å². The van der Waals surface area contributed by atoms with Crippen molar-refractivity contribution in [2.45, 2.75) is 26.7 Å². The summed E-state index contributed by atoms with van der Waals surface area (Å²) < 4.78 is 5.62. The van der Waals surface area contributed by atoms with E-state index in [-0.39, 0.29) is 11.9 Å². The molecule has 2 aromatic rings. The summed E-state index contributed by atoms with van der Waals surface area (Å²) in [7, 11) is 0. The fourth-order valence-electron chi connectivity index (χ4n) is 2.86. The van der Waals surface area contributed by atoms with Crippen LogP contribution in [0.3, 0.4) is 0 Å². The highest BCUT2D eigenvalue weighted by atomic mass is 16.4. The first-order chi connectivity index (χ1) is 11.9. The number of nitrogens with zero attached hydrogens (tertiary/aromatic N) is 2. The highest BCUT2D eigenvalue weighted by Gasteiger charge is 2.27. The lowest BCUT2D eigenvalue weighted by molar-refractivity contribution is -0.143. The number of rotatable bonds is 3. The van der Waals surface area contributed by atoms with Crippen LogP contribution in [0.5, 0.6) is 0 Å². The number of aryl methyl sites for hydroxylation is 2. The highest BCUT2D eigenvalue weighted by molar-refractivity contribution is 5.90. The van der Waals surface area contributed by atoms with Gasteiger partial charge in [-0.15, -0.1) is 0 Å². The molecule has 0 aliphatic carbocycles. The standard InChI is InChI=1S/C18H21N3O4/c1-11-12(2)25-16(19-11)14-4-3-5-15(10-14)20-18(24)21-8-6-13(7-9-21)17(22)23/h3-5,10,13H,6-9H2,1-2H3,(H,20,24)(H,22,23). The van der Waals surface area contributed by atoms with Crippen molar-refractivity contribution >= 4 is 17.7 Å². The lowest BCUT2D eigenvalue weighted by Gasteiger charge is -2.30. The molecule has 3 rings (SSSR count). The Morgan fingerprint density at radius 2 is 2.00 bits per heavy atom. The molecule has 2 amide bonds. The van der Waals surface area contributed by atoms with E-state index in [1.54, 1.807) is 11.0 Å². The van der Waals surface area contributed by atoms with Gasteiger partial charge in [-0.05, 0) is 44.9 Å². The molecule has 1 aliphatic rings. The van der Waals surface area contributed by atoms with Gasteiger partial charge in [0.05, 0.1) is 11.6 Å². The summed E-state index contributed by atoms with van der Waals surface area (Å²) in [4.78, 5) is 29.4. The fraction of sp³-hybridized carbons (Fsp3) is 0.389. The van der Waals surface area contributed by atoms with Crippen molar-refractivity contribution in [1.29, 1.82) is 0 Å². The Bertz CT molecular complexity index is 772. The first-order valence-corrected chi connectivity index (χ1v) is 8.27. The molecule has 1 fully saturated rings. The van der Waals surface area contributed by atoms with Crippen LogP contribution in [0.1, 0.15) is 24.3 Å². The lowest BCUT2D eigenvalue weighted by atomic mass is 9.97. The number of carboxylic acids is 1. The van der Waals surface area contributed by atoms with Crippen LogP contribution < -0.4 is 5.32 Å². The largest absolute Gasteiger partial charge is 0.481 e. The average Bonchev–Trinajstić information content (AvgIpc) is 2.94. The third kappa shape index (κ3) is 3.81. The molecule has 7 nitrogen and oxygen atoms in total. The average molecular weight is 343 g/mol. The van der Waals surface area contributed by atoms with Gasteiger partial charge in [0.25, 0.3) is 0 Å². The number of benzene rings is 1. The van der Waals surface area contributed by atoms with Crippen molar-refractivity contribution < 1.29 is 19.1 Å². The smallest absolute Gasteiger partial charge is 0.321 e. The first-order valence-electron chi connectivity index (χ1n) is 8.27. The second-order valence-corrected chi connectivity index (χ2v) is 6.27. The summed E-state index contributed by atoms with van der Waals surface area (Å²) in [5.74, 6) is 0.146. The maximum absolute atomic E-state index is 12.4. The van der Waals surface area contributed by atoms with Gasteiger partial charge in [0.15, 0.2) is 0 Å². The van der Waals surface area contributed by atoms with Crippen LogP contribution in [0, 0.1) is 19.8 Å². The molecule has 1 aromatic heterocycles. The Kier molecular flexibility index (Phi) is 4.74. The molecule has 0 atom stereocenters. The first kappa shape index (κ1) is 17.0. The molecule has 1 aromatic carbocycles. The predicted octanol–water partition coefficient (Wildman–Crippen LogP) is 3.29. The molecule has 0 unspecified atom stereocenters. The van der Waals surface area contributed by atoms with Crippen molar-refractivity contribution in [3.8, 4) is 11.5 Å². The molecule has 2 N–H and O–H groups in total. The number of carbonyl (C=O) groups is 2. The Hall–Kier alpha value is -2.83. The Labute approximate surface area is 145 Å². The molecule has 7 heteroatoms. The number of aromatic nitrogens is 1. The van der Waals surface area contributed by atoms with Gasteiger partial charge >= 0.3 is 12.0 Å². The van der Waals surface area contributed by atoms with Crippen molar-refractivity contribution in [2.75, 3.05) is 18.4 Å². The number of anilines is 1. The van der Waals surface area contributed by atoms with Gasteiger partial charge in [0.1, 0.15) is 5.76 Å².